The summed E-state index contributed by atoms with van der Waals surface area (Å²) in [5.74, 6) is 1.45. The summed E-state index contributed by atoms with van der Waals surface area (Å²) in [6.45, 7) is 1.73. The smallest absolute Gasteiger partial charge is 0.110 e. The van der Waals surface area contributed by atoms with Crippen LogP contribution in [-0.4, -0.2) is 28.0 Å². The zero-order valence-corrected chi connectivity index (χ0v) is 15.9. The van der Waals surface area contributed by atoms with E-state index in [1.807, 2.05) is 36.4 Å². The standard InChI is InChI=1S/C22H18ClN5/c23-16-5-6-18-17(11-16)21(15(12-24)13-25-18)28-9-7-14(8-10-28)22-26-19-3-1-2-4-20(19)27-22/h1-6,11,13-14H,7-10H2,(H,26,27). The highest BCUT2D eigenvalue weighted by atomic mass is 35.5. The number of imidazole rings is 1. The molecule has 0 spiro atoms. The third-order valence-corrected chi connectivity index (χ3v) is 5.76. The van der Waals surface area contributed by atoms with Crippen molar-refractivity contribution in [2.24, 2.45) is 0 Å². The molecule has 1 saturated heterocycles. The summed E-state index contributed by atoms with van der Waals surface area (Å²) in [6, 6.07) is 16.1. The number of piperidine rings is 1. The lowest BCUT2D eigenvalue weighted by atomic mass is 9.95. The fourth-order valence-corrected chi connectivity index (χ4v) is 4.29. The summed E-state index contributed by atoms with van der Waals surface area (Å²) in [5, 5.41) is 11.2. The molecule has 138 valence electrons. The summed E-state index contributed by atoms with van der Waals surface area (Å²) in [5.41, 5.74) is 4.50. The first kappa shape index (κ1) is 17.0. The average Bonchev–Trinajstić information content (AvgIpc) is 3.17. The number of para-hydroxylation sites is 2. The number of H-pyrrole nitrogens is 1. The number of rotatable bonds is 2. The van der Waals surface area contributed by atoms with Crippen molar-refractivity contribution in [3.8, 4) is 6.07 Å². The van der Waals surface area contributed by atoms with E-state index in [0.717, 1.165) is 59.4 Å². The molecule has 0 radical (unpaired) electrons. The highest BCUT2D eigenvalue weighted by molar-refractivity contribution is 6.31. The molecule has 28 heavy (non-hydrogen) atoms. The van der Waals surface area contributed by atoms with Gasteiger partial charge in [0, 0.05) is 35.6 Å². The van der Waals surface area contributed by atoms with Crippen LogP contribution >= 0.6 is 11.6 Å². The van der Waals surface area contributed by atoms with E-state index in [-0.39, 0.29) is 0 Å². The number of hydrogen-bond donors (Lipinski definition) is 1. The molecule has 3 heterocycles. The maximum atomic E-state index is 9.62. The topological polar surface area (TPSA) is 68.6 Å². The molecule has 1 aliphatic rings. The van der Waals surface area contributed by atoms with Crippen molar-refractivity contribution in [2.45, 2.75) is 18.8 Å². The molecule has 1 fully saturated rings. The van der Waals surface area contributed by atoms with E-state index in [2.05, 4.69) is 27.0 Å². The van der Waals surface area contributed by atoms with Crippen LogP contribution in [0.15, 0.2) is 48.7 Å². The van der Waals surface area contributed by atoms with E-state index >= 15 is 0 Å². The molecular weight excluding hydrogens is 370 g/mol. The number of aromatic amines is 1. The molecule has 0 aliphatic carbocycles. The highest BCUT2D eigenvalue weighted by Gasteiger charge is 2.26. The lowest BCUT2D eigenvalue weighted by Crippen LogP contribution is -2.34. The number of fused-ring (bicyclic) bond motifs is 2. The van der Waals surface area contributed by atoms with Crippen LogP contribution < -0.4 is 4.90 Å². The molecule has 1 aliphatic heterocycles. The van der Waals surface area contributed by atoms with Gasteiger partial charge in [-0.25, -0.2) is 4.98 Å². The van der Waals surface area contributed by atoms with Crippen molar-refractivity contribution in [1.82, 2.24) is 15.0 Å². The molecule has 1 N–H and O–H groups in total. The van der Waals surface area contributed by atoms with E-state index in [1.54, 1.807) is 6.20 Å². The van der Waals surface area contributed by atoms with Crippen LogP contribution in [0.3, 0.4) is 0 Å². The first-order chi connectivity index (χ1) is 13.7. The van der Waals surface area contributed by atoms with Gasteiger partial charge in [-0.05, 0) is 43.2 Å². The Bertz CT molecular complexity index is 1180. The molecule has 0 atom stereocenters. The summed E-state index contributed by atoms with van der Waals surface area (Å²) < 4.78 is 0. The number of nitriles is 1. The van der Waals surface area contributed by atoms with Gasteiger partial charge in [-0.2, -0.15) is 5.26 Å². The minimum absolute atomic E-state index is 0.394. The van der Waals surface area contributed by atoms with Gasteiger partial charge in [-0.15, -0.1) is 0 Å². The maximum Gasteiger partial charge on any atom is 0.110 e. The van der Waals surface area contributed by atoms with Gasteiger partial charge in [-0.1, -0.05) is 23.7 Å². The monoisotopic (exact) mass is 387 g/mol. The molecular formula is C22H18ClN5. The fourth-order valence-electron chi connectivity index (χ4n) is 4.12. The minimum atomic E-state index is 0.394. The quantitative estimate of drug-likeness (QED) is 0.524. The lowest BCUT2D eigenvalue weighted by Gasteiger charge is -2.34. The van der Waals surface area contributed by atoms with Gasteiger partial charge in [0.2, 0.25) is 0 Å². The van der Waals surface area contributed by atoms with Crippen molar-refractivity contribution in [1.29, 1.82) is 5.26 Å². The third kappa shape index (κ3) is 2.87. The number of nitrogens with one attached hydrogen (secondary N) is 1. The van der Waals surface area contributed by atoms with Gasteiger partial charge in [0.1, 0.15) is 11.9 Å². The lowest BCUT2D eigenvalue weighted by molar-refractivity contribution is 0.490. The molecule has 6 heteroatoms. The summed E-state index contributed by atoms with van der Waals surface area (Å²) in [6.07, 6.45) is 3.63. The molecule has 0 saturated carbocycles. The van der Waals surface area contributed by atoms with Gasteiger partial charge in [0.25, 0.3) is 0 Å². The van der Waals surface area contributed by atoms with Crippen molar-refractivity contribution in [3.63, 3.8) is 0 Å². The van der Waals surface area contributed by atoms with E-state index in [4.69, 9.17) is 16.6 Å². The Hall–Kier alpha value is -3.10. The molecule has 5 rings (SSSR count). The van der Waals surface area contributed by atoms with Crippen LogP contribution in [0.5, 0.6) is 0 Å². The van der Waals surface area contributed by atoms with E-state index in [0.29, 0.717) is 16.5 Å². The Balaban J connectivity index is 1.45. The van der Waals surface area contributed by atoms with E-state index in [9.17, 15) is 5.26 Å². The number of pyridine rings is 1. The van der Waals surface area contributed by atoms with Crippen LogP contribution in [0.25, 0.3) is 21.9 Å². The van der Waals surface area contributed by atoms with Crippen LogP contribution in [0.4, 0.5) is 5.69 Å². The Kier molecular flexibility index (Phi) is 4.14. The van der Waals surface area contributed by atoms with E-state index < -0.39 is 0 Å². The largest absolute Gasteiger partial charge is 0.370 e. The second-order valence-corrected chi connectivity index (χ2v) is 7.63. The Morgan fingerprint density at radius 3 is 2.71 bits per heavy atom. The van der Waals surface area contributed by atoms with Crippen molar-refractivity contribution in [2.75, 3.05) is 18.0 Å². The van der Waals surface area contributed by atoms with Crippen LogP contribution in [0.1, 0.15) is 30.1 Å². The first-order valence-corrected chi connectivity index (χ1v) is 9.78. The second-order valence-electron chi connectivity index (χ2n) is 7.19. The minimum Gasteiger partial charge on any atom is -0.370 e. The molecule has 2 aromatic carbocycles. The number of hydrogen-bond acceptors (Lipinski definition) is 4. The SMILES string of the molecule is N#Cc1cnc2ccc(Cl)cc2c1N1CCC(c2nc3ccccc3[nH]2)CC1. The number of halogens is 1. The Morgan fingerprint density at radius 2 is 1.93 bits per heavy atom. The summed E-state index contributed by atoms with van der Waals surface area (Å²) in [4.78, 5) is 14.9. The van der Waals surface area contributed by atoms with Gasteiger partial charge < -0.3 is 9.88 Å². The molecule has 0 bridgehead atoms. The summed E-state index contributed by atoms with van der Waals surface area (Å²) >= 11 is 6.23. The van der Waals surface area contributed by atoms with Gasteiger partial charge >= 0.3 is 0 Å². The zero-order chi connectivity index (χ0) is 19.1. The average molecular weight is 388 g/mol. The van der Waals surface area contributed by atoms with Crippen molar-refractivity contribution in [3.05, 3.63) is 65.1 Å². The van der Waals surface area contributed by atoms with Gasteiger partial charge in [-0.3, -0.25) is 4.98 Å². The van der Waals surface area contributed by atoms with Crippen LogP contribution in [0, 0.1) is 11.3 Å². The number of anilines is 1. The number of benzene rings is 2. The number of aromatic nitrogens is 3. The van der Waals surface area contributed by atoms with Gasteiger partial charge in [0.05, 0.1) is 27.8 Å². The first-order valence-electron chi connectivity index (χ1n) is 9.41. The molecule has 2 aromatic heterocycles. The third-order valence-electron chi connectivity index (χ3n) is 5.53. The van der Waals surface area contributed by atoms with Crippen molar-refractivity contribution < 1.29 is 0 Å². The van der Waals surface area contributed by atoms with Crippen LogP contribution in [-0.2, 0) is 0 Å². The molecule has 5 nitrogen and oxygen atoms in total. The fraction of sp³-hybridized carbons (Fsp3) is 0.227. The number of nitrogens with zero attached hydrogens (tertiary/aromatic N) is 4. The predicted octanol–water partition coefficient (Wildman–Crippen LogP) is 5.02. The normalized spacial score (nSPS) is 15.2. The Labute approximate surface area is 167 Å². The summed E-state index contributed by atoms with van der Waals surface area (Å²) in [7, 11) is 0. The van der Waals surface area contributed by atoms with Crippen LogP contribution in [0.2, 0.25) is 5.02 Å². The van der Waals surface area contributed by atoms with E-state index in [1.165, 1.54) is 0 Å². The second kappa shape index (κ2) is 6.81. The predicted molar refractivity (Wildman–Crippen MR) is 112 cm³/mol. The van der Waals surface area contributed by atoms with Crippen molar-refractivity contribution >= 4 is 39.2 Å². The Morgan fingerprint density at radius 1 is 1.11 bits per heavy atom. The zero-order valence-electron chi connectivity index (χ0n) is 15.2. The molecule has 4 aromatic rings. The van der Waals surface area contributed by atoms with Gasteiger partial charge in [0.15, 0.2) is 0 Å². The highest BCUT2D eigenvalue weighted by Crippen LogP contribution is 2.36. The maximum absolute atomic E-state index is 9.62. The molecule has 0 amide bonds. The molecule has 0 unspecified atom stereocenters.